The maximum Gasteiger partial charge on any atom is 0.307 e. The third-order valence-corrected chi connectivity index (χ3v) is 5.27. The lowest BCUT2D eigenvalue weighted by Gasteiger charge is -2.16. The van der Waals surface area contributed by atoms with Crippen LogP contribution in [-0.2, 0) is 22.6 Å². The van der Waals surface area contributed by atoms with Crippen molar-refractivity contribution in [2.75, 3.05) is 24.7 Å². The second-order valence-corrected chi connectivity index (χ2v) is 8.22. The molecule has 0 aromatic heterocycles. The van der Waals surface area contributed by atoms with Crippen LogP contribution in [0.5, 0.6) is 0 Å². The van der Waals surface area contributed by atoms with Crippen molar-refractivity contribution in [3.8, 4) is 0 Å². The zero-order valence-electron chi connectivity index (χ0n) is 18.4. The number of amides is 1. The standard InChI is InChI=1S/C26H24FN3O3/c1-30(2)15-16-6-9-20(10-7-16)28-25(18-5-3-4-17(12-18)13-23(31)32)24-21-11-8-19(27)14-22(21)29-26(24)33/h3-12,14,28H,13,15H2,1-2H3,(H,29,33)(H,31,32). The molecule has 3 N–H and O–H groups in total. The third kappa shape index (κ3) is 5.10. The molecule has 0 radical (unpaired) electrons. The van der Waals surface area contributed by atoms with E-state index in [0.29, 0.717) is 33.6 Å². The van der Waals surface area contributed by atoms with Crippen LogP contribution in [0.4, 0.5) is 15.8 Å². The Bertz CT molecular complexity index is 1250. The summed E-state index contributed by atoms with van der Waals surface area (Å²) in [5.74, 6) is -1.74. The summed E-state index contributed by atoms with van der Waals surface area (Å²) in [6, 6.07) is 19.1. The Morgan fingerprint density at radius 3 is 2.48 bits per heavy atom. The fourth-order valence-corrected chi connectivity index (χ4v) is 3.89. The van der Waals surface area contributed by atoms with Gasteiger partial charge < -0.3 is 20.6 Å². The summed E-state index contributed by atoms with van der Waals surface area (Å²) >= 11 is 0. The predicted octanol–water partition coefficient (Wildman–Crippen LogP) is 4.45. The molecule has 33 heavy (non-hydrogen) atoms. The molecule has 6 nitrogen and oxygen atoms in total. The number of carboxylic acid groups (broad SMARTS) is 1. The molecule has 0 bridgehead atoms. The van der Waals surface area contributed by atoms with Gasteiger partial charge >= 0.3 is 5.97 Å². The van der Waals surface area contributed by atoms with E-state index in [1.807, 2.05) is 44.4 Å². The van der Waals surface area contributed by atoms with Gasteiger partial charge in [-0.25, -0.2) is 4.39 Å². The maximum absolute atomic E-state index is 13.7. The summed E-state index contributed by atoms with van der Waals surface area (Å²) in [4.78, 5) is 26.2. The van der Waals surface area contributed by atoms with Crippen LogP contribution in [0.2, 0.25) is 0 Å². The Hall–Kier alpha value is -3.97. The summed E-state index contributed by atoms with van der Waals surface area (Å²) < 4.78 is 13.7. The maximum atomic E-state index is 13.7. The fourth-order valence-electron chi connectivity index (χ4n) is 3.89. The number of rotatable bonds is 7. The molecule has 0 unspecified atom stereocenters. The molecular weight excluding hydrogens is 421 g/mol. The number of aliphatic carboxylic acids is 1. The summed E-state index contributed by atoms with van der Waals surface area (Å²) in [7, 11) is 4.00. The van der Waals surface area contributed by atoms with E-state index in [0.717, 1.165) is 17.8 Å². The average molecular weight is 445 g/mol. The fraction of sp³-hybridized carbons (Fsp3) is 0.154. The zero-order chi connectivity index (χ0) is 23.5. The van der Waals surface area contributed by atoms with E-state index in [1.54, 1.807) is 24.3 Å². The van der Waals surface area contributed by atoms with E-state index in [4.69, 9.17) is 0 Å². The highest BCUT2D eigenvalue weighted by molar-refractivity contribution is 6.37. The van der Waals surface area contributed by atoms with Gasteiger partial charge in [-0.2, -0.15) is 0 Å². The predicted molar refractivity (Wildman–Crippen MR) is 127 cm³/mol. The summed E-state index contributed by atoms with van der Waals surface area (Å²) in [6.45, 7) is 0.798. The highest BCUT2D eigenvalue weighted by Crippen LogP contribution is 2.38. The lowest BCUT2D eigenvalue weighted by Crippen LogP contribution is -2.11. The number of halogens is 1. The van der Waals surface area contributed by atoms with Gasteiger partial charge in [0.2, 0.25) is 0 Å². The van der Waals surface area contributed by atoms with Crippen molar-refractivity contribution in [2.45, 2.75) is 13.0 Å². The normalized spacial score (nSPS) is 14.1. The minimum atomic E-state index is -0.940. The molecule has 0 saturated heterocycles. The van der Waals surface area contributed by atoms with Crippen LogP contribution >= 0.6 is 0 Å². The SMILES string of the molecule is CN(C)Cc1ccc(NC(=C2C(=O)Nc3cc(F)ccc32)c2cccc(CC(=O)O)c2)cc1. The number of nitrogens with one attached hydrogen (secondary N) is 2. The molecule has 0 fully saturated rings. The number of hydrogen-bond donors (Lipinski definition) is 3. The quantitative estimate of drug-likeness (QED) is 0.468. The second-order valence-electron chi connectivity index (χ2n) is 8.22. The van der Waals surface area contributed by atoms with Crippen LogP contribution in [0.15, 0.2) is 66.7 Å². The van der Waals surface area contributed by atoms with E-state index in [-0.39, 0.29) is 12.3 Å². The molecule has 7 heteroatoms. The van der Waals surface area contributed by atoms with Crippen molar-refractivity contribution in [3.05, 3.63) is 94.8 Å². The van der Waals surface area contributed by atoms with E-state index < -0.39 is 11.8 Å². The highest BCUT2D eigenvalue weighted by Gasteiger charge is 2.29. The Kier molecular flexibility index (Phi) is 6.24. The van der Waals surface area contributed by atoms with Gasteiger partial charge in [-0.15, -0.1) is 0 Å². The molecule has 0 saturated carbocycles. The summed E-state index contributed by atoms with van der Waals surface area (Å²) in [6.07, 6.45) is -0.135. The minimum absolute atomic E-state index is 0.135. The van der Waals surface area contributed by atoms with Crippen molar-refractivity contribution in [3.63, 3.8) is 0 Å². The van der Waals surface area contributed by atoms with Crippen molar-refractivity contribution >= 4 is 34.5 Å². The molecular formula is C26H24FN3O3. The van der Waals surface area contributed by atoms with Crippen LogP contribution in [0.3, 0.4) is 0 Å². The lowest BCUT2D eigenvalue weighted by molar-refractivity contribution is -0.136. The molecule has 1 heterocycles. The highest BCUT2D eigenvalue weighted by atomic mass is 19.1. The summed E-state index contributed by atoms with van der Waals surface area (Å²) in [5.41, 5.74) is 5.05. The van der Waals surface area contributed by atoms with Crippen LogP contribution < -0.4 is 10.6 Å². The molecule has 0 spiro atoms. The molecule has 1 aliphatic rings. The number of hydrogen-bond acceptors (Lipinski definition) is 4. The number of benzene rings is 3. The monoisotopic (exact) mass is 445 g/mol. The van der Waals surface area contributed by atoms with Gasteiger partial charge in [0.1, 0.15) is 5.82 Å². The van der Waals surface area contributed by atoms with Crippen LogP contribution in [0.25, 0.3) is 11.3 Å². The minimum Gasteiger partial charge on any atom is -0.481 e. The van der Waals surface area contributed by atoms with Crippen LogP contribution in [0, 0.1) is 5.82 Å². The van der Waals surface area contributed by atoms with Gasteiger partial charge in [-0.05, 0) is 67.2 Å². The zero-order valence-corrected chi connectivity index (χ0v) is 18.4. The molecule has 1 amide bonds. The van der Waals surface area contributed by atoms with E-state index in [9.17, 15) is 19.1 Å². The molecule has 0 atom stereocenters. The van der Waals surface area contributed by atoms with Gasteiger partial charge in [0, 0.05) is 17.8 Å². The summed E-state index contributed by atoms with van der Waals surface area (Å²) in [5, 5.41) is 15.3. The van der Waals surface area contributed by atoms with Crippen molar-refractivity contribution < 1.29 is 19.1 Å². The topological polar surface area (TPSA) is 81.7 Å². The number of fused-ring (bicyclic) bond motifs is 1. The molecule has 4 rings (SSSR count). The number of carboxylic acids is 1. The van der Waals surface area contributed by atoms with Crippen LogP contribution in [0.1, 0.15) is 22.3 Å². The first-order valence-corrected chi connectivity index (χ1v) is 10.5. The first-order valence-electron chi connectivity index (χ1n) is 10.5. The van der Waals surface area contributed by atoms with Crippen molar-refractivity contribution in [1.29, 1.82) is 0 Å². The van der Waals surface area contributed by atoms with Crippen molar-refractivity contribution in [1.82, 2.24) is 4.90 Å². The largest absolute Gasteiger partial charge is 0.481 e. The lowest BCUT2D eigenvalue weighted by atomic mass is 9.98. The first-order chi connectivity index (χ1) is 15.8. The van der Waals surface area contributed by atoms with E-state index in [2.05, 4.69) is 15.5 Å². The van der Waals surface area contributed by atoms with Gasteiger partial charge in [-0.3, -0.25) is 9.59 Å². The Labute approximate surface area is 191 Å². The van der Waals surface area contributed by atoms with E-state index >= 15 is 0 Å². The first kappa shape index (κ1) is 22.2. The Morgan fingerprint density at radius 2 is 1.79 bits per heavy atom. The number of carbonyl (C=O) groups excluding carboxylic acids is 1. The van der Waals surface area contributed by atoms with Gasteiger partial charge in [0.05, 0.1) is 23.4 Å². The van der Waals surface area contributed by atoms with Crippen LogP contribution in [-0.4, -0.2) is 36.0 Å². The Morgan fingerprint density at radius 1 is 1.03 bits per heavy atom. The molecule has 3 aromatic carbocycles. The molecule has 1 aliphatic heterocycles. The van der Waals surface area contributed by atoms with Gasteiger partial charge in [0.15, 0.2) is 0 Å². The van der Waals surface area contributed by atoms with E-state index in [1.165, 1.54) is 12.1 Å². The molecule has 168 valence electrons. The molecule has 0 aliphatic carbocycles. The number of nitrogens with zero attached hydrogens (tertiary/aromatic N) is 1. The smallest absolute Gasteiger partial charge is 0.307 e. The molecule has 3 aromatic rings. The third-order valence-electron chi connectivity index (χ3n) is 5.27. The van der Waals surface area contributed by atoms with Gasteiger partial charge in [0.25, 0.3) is 5.91 Å². The van der Waals surface area contributed by atoms with Crippen molar-refractivity contribution in [2.24, 2.45) is 0 Å². The Balaban J connectivity index is 1.81. The second kappa shape index (κ2) is 9.26. The number of carbonyl (C=O) groups is 2. The number of anilines is 2. The average Bonchev–Trinajstić information content (AvgIpc) is 3.07. The van der Waals surface area contributed by atoms with Gasteiger partial charge in [-0.1, -0.05) is 30.3 Å².